The van der Waals surface area contributed by atoms with Crippen molar-refractivity contribution in [3.05, 3.63) is 72.4 Å². The maximum atomic E-state index is 13.7. The molecule has 1 fully saturated rings. The van der Waals surface area contributed by atoms with Gasteiger partial charge in [-0.1, -0.05) is 6.07 Å². The van der Waals surface area contributed by atoms with Crippen molar-refractivity contribution in [2.45, 2.75) is 0 Å². The Balaban J connectivity index is 1.35. The number of hydrogen-bond acceptors (Lipinski definition) is 3. The van der Waals surface area contributed by atoms with Gasteiger partial charge in [-0.2, -0.15) is 0 Å². The van der Waals surface area contributed by atoms with Crippen molar-refractivity contribution in [3.8, 4) is 0 Å². The standard InChI is InChI=1S/C22H19F2N5O/c23-15-3-1-4-17(13-15)25-22(30)28-11-9-27(10-12-28)21-20-5-2-8-29(20)19-7-6-16(24)14-18(19)26-21/h1-8,13-14H,9-12H2,(H,25,30). The second kappa shape index (κ2) is 7.29. The summed E-state index contributed by atoms with van der Waals surface area (Å²) >= 11 is 0. The van der Waals surface area contributed by atoms with Crippen molar-refractivity contribution in [1.29, 1.82) is 0 Å². The van der Waals surface area contributed by atoms with Crippen molar-refractivity contribution in [2.75, 3.05) is 36.4 Å². The molecule has 0 spiro atoms. The van der Waals surface area contributed by atoms with E-state index < -0.39 is 5.82 Å². The Morgan fingerprint density at radius 3 is 2.50 bits per heavy atom. The van der Waals surface area contributed by atoms with Crippen molar-refractivity contribution < 1.29 is 13.6 Å². The van der Waals surface area contributed by atoms with Crippen LogP contribution in [0.4, 0.5) is 25.1 Å². The number of piperazine rings is 1. The topological polar surface area (TPSA) is 52.9 Å². The molecule has 2 amide bonds. The largest absolute Gasteiger partial charge is 0.351 e. The molecule has 0 saturated carbocycles. The van der Waals surface area contributed by atoms with Crippen LogP contribution in [0.3, 0.4) is 0 Å². The average Bonchev–Trinajstić information content (AvgIpc) is 3.23. The van der Waals surface area contributed by atoms with Gasteiger partial charge in [-0.15, -0.1) is 0 Å². The zero-order valence-corrected chi connectivity index (χ0v) is 16.1. The minimum atomic E-state index is -0.396. The van der Waals surface area contributed by atoms with Gasteiger partial charge in [0.15, 0.2) is 5.82 Å². The van der Waals surface area contributed by atoms with Crippen LogP contribution in [0.15, 0.2) is 60.8 Å². The molecule has 30 heavy (non-hydrogen) atoms. The molecular weight excluding hydrogens is 388 g/mol. The van der Waals surface area contributed by atoms with E-state index in [4.69, 9.17) is 4.98 Å². The first-order valence-corrected chi connectivity index (χ1v) is 9.71. The van der Waals surface area contributed by atoms with E-state index in [-0.39, 0.29) is 11.8 Å². The molecule has 1 aliphatic rings. The number of fused-ring (bicyclic) bond motifs is 3. The van der Waals surface area contributed by atoms with E-state index >= 15 is 0 Å². The normalized spacial score (nSPS) is 14.5. The van der Waals surface area contributed by atoms with Gasteiger partial charge in [0.2, 0.25) is 0 Å². The minimum Gasteiger partial charge on any atom is -0.351 e. The number of carbonyl (C=O) groups is 1. The third kappa shape index (κ3) is 3.30. The molecule has 5 rings (SSSR count). The van der Waals surface area contributed by atoms with E-state index in [1.165, 1.54) is 24.3 Å². The second-order valence-electron chi connectivity index (χ2n) is 7.25. The van der Waals surface area contributed by atoms with Crippen LogP contribution in [-0.4, -0.2) is 46.5 Å². The molecule has 1 aliphatic heterocycles. The number of urea groups is 1. The Morgan fingerprint density at radius 2 is 1.70 bits per heavy atom. The van der Waals surface area contributed by atoms with E-state index in [1.807, 2.05) is 22.7 Å². The fraction of sp³-hybridized carbons (Fsp3) is 0.182. The van der Waals surface area contributed by atoms with Crippen molar-refractivity contribution >= 4 is 34.1 Å². The number of halogens is 2. The van der Waals surface area contributed by atoms with Gasteiger partial charge in [-0.05, 0) is 42.5 Å². The summed E-state index contributed by atoms with van der Waals surface area (Å²) < 4.78 is 29.1. The second-order valence-corrected chi connectivity index (χ2v) is 7.25. The molecule has 1 saturated heterocycles. The third-order valence-electron chi connectivity index (χ3n) is 5.34. The molecule has 0 atom stereocenters. The molecule has 0 radical (unpaired) electrons. The van der Waals surface area contributed by atoms with Gasteiger partial charge >= 0.3 is 6.03 Å². The number of hydrogen-bond donors (Lipinski definition) is 1. The first-order valence-electron chi connectivity index (χ1n) is 9.71. The van der Waals surface area contributed by atoms with E-state index in [2.05, 4.69) is 10.2 Å². The molecule has 3 heterocycles. The number of rotatable bonds is 2. The number of benzene rings is 2. The maximum absolute atomic E-state index is 13.7. The fourth-order valence-electron chi connectivity index (χ4n) is 3.86. The van der Waals surface area contributed by atoms with Gasteiger partial charge < -0.3 is 19.5 Å². The Morgan fingerprint density at radius 1 is 0.900 bits per heavy atom. The highest BCUT2D eigenvalue weighted by Gasteiger charge is 2.24. The van der Waals surface area contributed by atoms with E-state index in [1.54, 1.807) is 23.1 Å². The summed E-state index contributed by atoms with van der Waals surface area (Å²) in [6.45, 7) is 2.17. The van der Waals surface area contributed by atoms with Crippen LogP contribution in [0.5, 0.6) is 0 Å². The number of aromatic nitrogens is 2. The average molecular weight is 407 g/mol. The molecule has 2 aromatic heterocycles. The Hall–Kier alpha value is -3.68. The summed E-state index contributed by atoms with van der Waals surface area (Å²) in [5.74, 6) is 0.0437. The van der Waals surface area contributed by atoms with Crippen LogP contribution >= 0.6 is 0 Å². The number of carbonyl (C=O) groups excluding carboxylic acids is 1. The van der Waals surface area contributed by atoms with Crippen LogP contribution in [0, 0.1) is 11.6 Å². The summed E-state index contributed by atoms with van der Waals surface area (Å²) in [5, 5.41) is 2.73. The molecule has 0 aliphatic carbocycles. The van der Waals surface area contributed by atoms with Crippen LogP contribution in [-0.2, 0) is 0 Å². The maximum Gasteiger partial charge on any atom is 0.321 e. The Kier molecular flexibility index (Phi) is 4.46. The molecule has 6 nitrogen and oxygen atoms in total. The van der Waals surface area contributed by atoms with Crippen LogP contribution in [0.1, 0.15) is 0 Å². The molecule has 8 heteroatoms. The highest BCUT2D eigenvalue weighted by molar-refractivity contribution is 5.90. The SMILES string of the molecule is O=C(Nc1cccc(F)c1)N1CCN(c2nc3cc(F)ccc3n3cccc23)CC1. The van der Waals surface area contributed by atoms with Crippen molar-refractivity contribution in [1.82, 2.24) is 14.3 Å². The van der Waals surface area contributed by atoms with Crippen LogP contribution in [0.25, 0.3) is 16.6 Å². The van der Waals surface area contributed by atoms with Crippen LogP contribution in [0.2, 0.25) is 0 Å². The van der Waals surface area contributed by atoms with Gasteiger partial charge in [-0.3, -0.25) is 0 Å². The van der Waals surface area contributed by atoms with Crippen LogP contribution < -0.4 is 10.2 Å². The number of nitrogens with zero attached hydrogens (tertiary/aromatic N) is 4. The van der Waals surface area contributed by atoms with Crippen molar-refractivity contribution in [3.63, 3.8) is 0 Å². The lowest BCUT2D eigenvalue weighted by atomic mass is 10.2. The predicted octanol–water partition coefficient (Wildman–Crippen LogP) is 4.12. The summed E-state index contributed by atoms with van der Waals surface area (Å²) in [4.78, 5) is 21.0. The van der Waals surface area contributed by atoms with Crippen molar-refractivity contribution in [2.24, 2.45) is 0 Å². The fourth-order valence-corrected chi connectivity index (χ4v) is 3.86. The highest BCUT2D eigenvalue weighted by atomic mass is 19.1. The number of nitrogens with one attached hydrogen (secondary N) is 1. The molecule has 0 unspecified atom stereocenters. The molecule has 4 aromatic rings. The lowest BCUT2D eigenvalue weighted by molar-refractivity contribution is 0.208. The molecule has 152 valence electrons. The quantitative estimate of drug-likeness (QED) is 0.544. The summed E-state index contributed by atoms with van der Waals surface area (Å²) in [7, 11) is 0. The zero-order valence-electron chi connectivity index (χ0n) is 16.1. The zero-order chi connectivity index (χ0) is 20.7. The summed E-state index contributed by atoms with van der Waals surface area (Å²) in [6.07, 6.45) is 1.93. The minimum absolute atomic E-state index is 0.262. The smallest absolute Gasteiger partial charge is 0.321 e. The highest BCUT2D eigenvalue weighted by Crippen LogP contribution is 2.26. The number of amides is 2. The van der Waals surface area contributed by atoms with Gasteiger partial charge in [0, 0.05) is 44.1 Å². The predicted molar refractivity (Wildman–Crippen MR) is 112 cm³/mol. The first kappa shape index (κ1) is 18.4. The van der Waals surface area contributed by atoms with E-state index in [0.717, 1.165) is 16.9 Å². The number of anilines is 2. The Bertz CT molecular complexity index is 1250. The lowest BCUT2D eigenvalue weighted by Crippen LogP contribution is -2.50. The molecule has 2 aromatic carbocycles. The summed E-state index contributed by atoms with van der Waals surface area (Å²) in [5.41, 5.74) is 2.79. The molecular formula is C22H19F2N5O. The monoisotopic (exact) mass is 407 g/mol. The first-order chi connectivity index (χ1) is 14.6. The van der Waals surface area contributed by atoms with Gasteiger partial charge in [-0.25, -0.2) is 18.6 Å². The molecule has 1 N–H and O–H groups in total. The van der Waals surface area contributed by atoms with E-state index in [9.17, 15) is 13.6 Å². The van der Waals surface area contributed by atoms with Gasteiger partial charge in [0.25, 0.3) is 0 Å². The van der Waals surface area contributed by atoms with Gasteiger partial charge in [0.05, 0.1) is 16.6 Å². The molecule has 0 bridgehead atoms. The van der Waals surface area contributed by atoms with E-state index in [0.29, 0.717) is 37.4 Å². The third-order valence-corrected chi connectivity index (χ3v) is 5.34. The Labute approximate surface area is 171 Å². The van der Waals surface area contributed by atoms with Gasteiger partial charge in [0.1, 0.15) is 11.6 Å². The summed E-state index contributed by atoms with van der Waals surface area (Å²) in [6, 6.07) is 14.1. The lowest BCUT2D eigenvalue weighted by Gasteiger charge is -2.35.